The molecule has 1 unspecified atom stereocenters. The van der Waals surface area contributed by atoms with Gasteiger partial charge in [0.05, 0.1) is 0 Å². The van der Waals surface area contributed by atoms with Gasteiger partial charge in [-0.2, -0.15) is 0 Å². The van der Waals surface area contributed by atoms with Gasteiger partial charge in [-0.05, 0) is 36.6 Å². The van der Waals surface area contributed by atoms with Crippen LogP contribution in [0.1, 0.15) is 49.8 Å². The smallest absolute Gasteiger partial charge is 0.0408 e. The summed E-state index contributed by atoms with van der Waals surface area (Å²) in [5.41, 5.74) is 8.58. The monoisotopic (exact) mass is 225 g/mol. The van der Waals surface area contributed by atoms with Crippen molar-refractivity contribution in [3.63, 3.8) is 0 Å². The van der Waals surface area contributed by atoms with E-state index in [1.54, 1.807) is 0 Å². The SMILES string of the molecule is CCCCCC(N)c1ccc(Cl)cc1C. The molecule has 0 fully saturated rings. The first-order chi connectivity index (χ1) is 7.15. The topological polar surface area (TPSA) is 26.0 Å². The number of nitrogens with two attached hydrogens (primary N) is 1. The zero-order valence-electron chi connectivity index (χ0n) is 9.59. The van der Waals surface area contributed by atoms with Gasteiger partial charge in [0.15, 0.2) is 0 Å². The van der Waals surface area contributed by atoms with Gasteiger partial charge in [-0.1, -0.05) is 43.9 Å². The summed E-state index contributed by atoms with van der Waals surface area (Å²) in [6, 6.07) is 6.11. The molecule has 0 aromatic heterocycles. The van der Waals surface area contributed by atoms with Crippen molar-refractivity contribution in [2.75, 3.05) is 0 Å². The van der Waals surface area contributed by atoms with Gasteiger partial charge in [0.2, 0.25) is 0 Å². The number of aryl methyl sites for hydroxylation is 1. The summed E-state index contributed by atoms with van der Waals surface area (Å²) >= 11 is 5.91. The molecule has 2 heteroatoms. The van der Waals surface area contributed by atoms with Gasteiger partial charge in [-0.25, -0.2) is 0 Å². The Balaban J connectivity index is 2.61. The van der Waals surface area contributed by atoms with E-state index in [-0.39, 0.29) is 6.04 Å². The van der Waals surface area contributed by atoms with E-state index in [9.17, 15) is 0 Å². The van der Waals surface area contributed by atoms with Gasteiger partial charge in [-0.3, -0.25) is 0 Å². The molecule has 84 valence electrons. The molecule has 0 aliphatic heterocycles. The lowest BCUT2D eigenvalue weighted by atomic mass is 9.97. The van der Waals surface area contributed by atoms with E-state index in [0.717, 1.165) is 11.4 Å². The number of halogens is 1. The zero-order chi connectivity index (χ0) is 11.3. The van der Waals surface area contributed by atoms with E-state index in [1.165, 1.54) is 30.4 Å². The zero-order valence-corrected chi connectivity index (χ0v) is 10.3. The van der Waals surface area contributed by atoms with Crippen molar-refractivity contribution in [3.8, 4) is 0 Å². The van der Waals surface area contributed by atoms with Crippen molar-refractivity contribution in [1.82, 2.24) is 0 Å². The Bertz CT molecular complexity index is 309. The van der Waals surface area contributed by atoms with Crippen LogP contribution in [0.2, 0.25) is 5.02 Å². The average molecular weight is 226 g/mol. The molecule has 2 N–H and O–H groups in total. The molecule has 0 saturated heterocycles. The third-order valence-electron chi connectivity index (χ3n) is 2.75. The maximum atomic E-state index is 6.14. The molecule has 1 aromatic carbocycles. The molecule has 1 rings (SSSR count). The van der Waals surface area contributed by atoms with Gasteiger partial charge < -0.3 is 5.73 Å². The summed E-state index contributed by atoms with van der Waals surface area (Å²) in [4.78, 5) is 0. The molecule has 0 amide bonds. The van der Waals surface area contributed by atoms with Gasteiger partial charge in [0.1, 0.15) is 0 Å². The highest BCUT2D eigenvalue weighted by atomic mass is 35.5. The second kappa shape index (κ2) is 6.14. The minimum atomic E-state index is 0.161. The van der Waals surface area contributed by atoms with E-state index in [2.05, 4.69) is 13.8 Å². The third-order valence-corrected chi connectivity index (χ3v) is 2.99. The summed E-state index contributed by atoms with van der Waals surface area (Å²) in [6.45, 7) is 4.28. The highest BCUT2D eigenvalue weighted by Gasteiger charge is 2.08. The van der Waals surface area contributed by atoms with Crippen LogP contribution in [0.5, 0.6) is 0 Å². The molecular weight excluding hydrogens is 206 g/mol. The Kier molecular flexibility index (Phi) is 5.13. The van der Waals surface area contributed by atoms with Gasteiger partial charge >= 0.3 is 0 Å². The lowest BCUT2D eigenvalue weighted by Gasteiger charge is -2.14. The fraction of sp³-hybridized carbons (Fsp3) is 0.538. The van der Waals surface area contributed by atoms with E-state index >= 15 is 0 Å². The van der Waals surface area contributed by atoms with Crippen molar-refractivity contribution in [2.24, 2.45) is 5.73 Å². The molecule has 1 nitrogen and oxygen atoms in total. The first kappa shape index (κ1) is 12.5. The second-order valence-electron chi connectivity index (χ2n) is 4.10. The molecule has 0 bridgehead atoms. The van der Waals surface area contributed by atoms with E-state index in [4.69, 9.17) is 17.3 Å². The maximum absolute atomic E-state index is 6.14. The minimum Gasteiger partial charge on any atom is -0.324 e. The van der Waals surface area contributed by atoms with Crippen LogP contribution in [0.3, 0.4) is 0 Å². The van der Waals surface area contributed by atoms with Gasteiger partial charge in [0, 0.05) is 11.1 Å². The molecule has 1 atom stereocenters. The summed E-state index contributed by atoms with van der Waals surface area (Å²) in [6.07, 6.45) is 4.78. The van der Waals surface area contributed by atoms with E-state index in [1.807, 2.05) is 18.2 Å². The predicted molar refractivity (Wildman–Crippen MR) is 67.3 cm³/mol. The molecule has 0 saturated carbocycles. The van der Waals surface area contributed by atoms with Crippen LogP contribution in [0, 0.1) is 6.92 Å². The van der Waals surface area contributed by atoms with Crippen LogP contribution in [-0.2, 0) is 0 Å². The van der Waals surface area contributed by atoms with Crippen molar-refractivity contribution < 1.29 is 0 Å². The summed E-state index contributed by atoms with van der Waals surface area (Å²) < 4.78 is 0. The first-order valence-electron chi connectivity index (χ1n) is 5.66. The first-order valence-corrected chi connectivity index (χ1v) is 6.04. The standard InChI is InChI=1S/C13H20ClN/c1-3-4-5-6-13(15)12-8-7-11(14)9-10(12)2/h7-9,13H,3-6,15H2,1-2H3. The van der Waals surface area contributed by atoms with Crippen LogP contribution in [-0.4, -0.2) is 0 Å². The Morgan fingerprint density at radius 2 is 2.07 bits per heavy atom. The van der Waals surface area contributed by atoms with Crippen LogP contribution in [0.15, 0.2) is 18.2 Å². The molecule has 0 aliphatic rings. The number of hydrogen-bond acceptors (Lipinski definition) is 1. The fourth-order valence-corrected chi connectivity index (χ4v) is 2.05. The van der Waals surface area contributed by atoms with Crippen molar-refractivity contribution >= 4 is 11.6 Å². The largest absolute Gasteiger partial charge is 0.324 e. The molecule has 0 radical (unpaired) electrons. The van der Waals surface area contributed by atoms with Crippen LogP contribution >= 0.6 is 11.6 Å². The highest BCUT2D eigenvalue weighted by molar-refractivity contribution is 6.30. The predicted octanol–water partition coefficient (Wildman–Crippen LogP) is 4.23. The normalized spacial score (nSPS) is 12.8. The number of benzene rings is 1. The molecule has 15 heavy (non-hydrogen) atoms. The third kappa shape index (κ3) is 3.84. The van der Waals surface area contributed by atoms with Crippen molar-refractivity contribution in [1.29, 1.82) is 0 Å². The Labute approximate surface area is 97.6 Å². The van der Waals surface area contributed by atoms with Gasteiger partial charge in [-0.15, -0.1) is 0 Å². The minimum absolute atomic E-state index is 0.161. The van der Waals surface area contributed by atoms with E-state index < -0.39 is 0 Å². The number of hydrogen-bond donors (Lipinski definition) is 1. The Morgan fingerprint density at radius 1 is 1.33 bits per heavy atom. The Morgan fingerprint density at radius 3 is 2.67 bits per heavy atom. The average Bonchev–Trinajstić information content (AvgIpc) is 2.17. The molecule has 0 spiro atoms. The number of unbranched alkanes of at least 4 members (excludes halogenated alkanes) is 2. The summed E-state index contributed by atoms with van der Waals surface area (Å²) in [5.74, 6) is 0. The van der Waals surface area contributed by atoms with Crippen LogP contribution in [0.4, 0.5) is 0 Å². The molecule has 0 aliphatic carbocycles. The number of rotatable bonds is 5. The highest BCUT2D eigenvalue weighted by Crippen LogP contribution is 2.23. The lowest BCUT2D eigenvalue weighted by molar-refractivity contribution is 0.579. The second-order valence-corrected chi connectivity index (χ2v) is 4.54. The molecule has 0 heterocycles. The fourth-order valence-electron chi connectivity index (χ4n) is 1.82. The summed E-state index contributed by atoms with van der Waals surface area (Å²) in [5, 5.41) is 0.789. The molecular formula is C13H20ClN. The quantitative estimate of drug-likeness (QED) is 0.746. The lowest BCUT2D eigenvalue weighted by Crippen LogP contribution is -2.11. The van der Waals surface area contributed by atoms with Gasteiger partial charge in [0.25, 0.3) is 0 Å². The van der Waals surface area contributed by atoms with Crippen molar-refractivity contribution in [2.45, 2.75) is 45.6 Å². The van der Waals surface area contributed by atoms with E-state index in [0.29, 0.717) is 0 Å². The maximum Gasteiger partial charge on any atom is 0.0408 e. The van der Waals surface area contributed by atoms with Crippen molar-refractivity contribution in [3.05, 3.63) is 34.3 Å². The van der Waals surface area contributed by atoms with Crippen LogP contribution < -0.4 is 5.73 Å². The summed E-state index contributed by atoms with van der Waals surface area (Å²) in [7, 11) is 0. The molecule has 1 aromatic rings. The van der Waals surface area contributed by atoms with Crippen LogP contribution in [0.25, 0.3) is 0 Å². The Hall–Kier alpha value is -0.530.